The maximum Gasteiger partial charge on any atom is 0.161 e. The van der Waals surface area contributed by atoms with Gasteiger partial charge in [0, 0.05) is 19.6 Å². The zero-order valence-corrected chi connectivity index (χ0v) is 15.3. The zero-order chi connectivity index (χ0) is 17.6. The van der Waals surface area contributed by atoms with E-state index in [0.717, 1.165) is 12.5 Å². The smallest absolute Gasteiger partial charge is 0.161 e. The number of anilines is 1. The molecule has 1 unspecified atom stereocenters. The van der Waals surface area contributed by atoms with E-state index >= 15 is 0 Å². The summed E-state index contributed by atoms with van der Waals surface area (Å²) in [6, 6.07) is 14.0. The van der Waals surface area contributed by atoms with Crippen molar-refractivity contribution < 1.29 is 0 Å². The number of nitrogens with zero attached hydrogens (tertiary/aromatic N) is 3. The van der Waals surface area contributed by atoms with E-state index in [0.29, 0.717) is 17.4 Å². The Labute approximate surface area is 154 Å². The highest BCUT2D eigenvalue weighted by Crippen LogP contribution is 2.21. The molecule has 0 amide bonds. The molecule has 1 saturated heterocycles. The molecule has 0 aliphatic carbocycles. The average Bonchev–Trinajstić information content (AvgIpc) is 2.62. The number of halogens is 1. The number of likely N-dealkylation sites (tertiary alicyclic amines) is 1. The molecule has 2 heterocycles. The second-order valence-electron chi connectivity index (χ2n) is 6.74. The number of nitriles is 1. The molecule has 1 aliphatic heterocycles. The molecule has 5 heteroatoms. The van der Waals surface area contributed by atoms with Gasteiger partial charge >= 0.3 is 0 Å². The lowest BCUT2D eigenvalue weighted by Crippen LogP contribution is -2.34. The van der Waals surface area contributed by atoms with E-state index < -0.39 is 0 Å². The second kappa shape index (κ2) is 8.33. The molecule has 1 fully saturated rings. The molecule has 1 aliphatic rings. The van der Waals surface area contributed by atoms with Crippen molar-refractivity contribution in [2.75, 3.05) is 18.4 Å². The number of rotatable bonds is 5. The SMILES string of the molecule is CC1CCCN(Cc2ccccc2CNc2ccc(Cl)c(C#N)n2)C1. The molecule has 0 saturated carbocycles. The molecule has 0 radical (unpaired) electrons. The molecule has 3 rings (SSSR count). The Balaban J connectivity index is 1.68. The van der Waals surface area contributed by atoms with Crippen molar-refractivity contribution in [2.45, 2.75) is 32.9 Å². The van der Waals surface area contributed by atoms with Crippen molar-refractivity contribution in [2.24, 2.45) is 5.92 Å². The Morgan fingerprint density at radius 2 is 2.08 bits per heavy atom. The van der Waals surface area contributed by atoms with Crippen LogP contribution in [0.25, 0.3) is 0 Å². The Bertz CT molecular complexity index is 769. The number of aromatic nitrogens is 1. The van der Waals surface area contributed by atoms with Crippen LogP contribution in [0.5, 0.6) is 0 Å². The normalized spacial score (nSPS) is 17.9. The van der Waals surface area contributed by atoms with Gasteiger partial charge in [0.15, 0.2) is 5.69 Å². The van der Waals surface area contributed by atoms with E-state index in [-0.39, 0.29) is 5.69 Å². The minimum atomic E-state index is 0.252. The predicted molar refractivity (Wildman–Crippen MR) is 101 cm³/mol. The van der Waals surface area contributed by atoms with E-state index in [4.69, 9.17) is 16.9 Å². The molecule has 1 atom stereocenters. The van der Waals surface area contributed by atoms with Gasteiger partial charge in [0.2, 0.25) is 0 Å². The molecule has 1 aromatic carbocycles. The molecule has 25 heavy (non-hydrogen) atoms. The number of benzene rings is 1. The second-order valence-corrected chi connectivity index (χ2v) is 7.15. The summed E-state index contributed by atoms with van der Waals surface area (Å²) in [6.07, 6.45) is 2.62. The van der Waals surface area contributed by atoms with Crippen LogP contribution in [0.1, 0.15) is 36.6 Å². The van der Waals surface area contributed by atoms with E-state index in [1.165, 1.54) is 37.1 Å². The van der Waals surface area contributed by atoms with Crippen LogP contribution in [-0.4, -0.2) is 23.0 Å². The predicted octanol–water partition coefficient (Wildman–Crippen LogP) is 4.45. The highest BCUT2D eigenvalue weighted by Gasteiger charge is 2.17. The van der Waals surface area contributed by atoms with Crippen molar-refractivity contribution in [1.29, 1.82) is 5.26 Å². The van der Waals surface area contributed by atoms with Crippen LogP contribution < -0.4 is 5.32 Å². The molecule has 130 valence electrons. The summed E-state index contributed by atoms with van der Waals surface area (Å²) in [5.74, 6) is 1.45. The Morgan fingerprint density at radius 1 is 1.28 bits per heavy atom. The maximum absolute atomic E-state index is 9.05. The molecule has 0 spiro atoms. The van der Waals surface area contributed by atoms with Crippen LogP contribution in [-0.2, 0) is 13.1 Å². The molecule has 1 N–H and O–H groups in total. The standard InChI is InChI=1S/C20H23ClN4/c1-15-5-4-10-25(13-15)14-17-7-3-2-6-16(17)12-23-20-9-8-18(21)19(11-22)24-20/h2-3,6-9,15H,4-5,10,12-14H2,1H3,(H,23,24). The van der Waals surface area contributed by atoms with Crippen LogP contribution in [0, 0.1) is 17.2 Å². The third kappa shape index (κ3) is 4.72. The van der Waals surface area contributed by atoms with Gasteiger partial charge in [-0.2, -0.15) is 5.26 Å². The first kappa shape index (κ1) is 17.7. The Kier molecular flexibility index (Phi) is 5.91. The van der Waals surface area contributed by atoms with E-state index in [9.17, 15) is 0 Å². The highest BCUT2D eigenvalue weighted by atomic mass is 35.5. The fourth-order valence-corrected chi connectivity index (χ4v) is 3.51. The molecular weight excluding hydrogens is 332 g/mol. The van der Waals surface area contributed by atoms with Crippen molar-refractivity contribution in [3.8, 4) is 6.07 Å². The molecule has 2 aromatic rings. The summed E-state index contributed by atoms with van der Waals surface area (Å²) in [5.41, 5.74) is 2.86. The minimum absolute atomic E-state index is 0.252. The fraction of sp³-hybridized carbons (Fsp3) is 0.400. The highest BCUT2D eigenvalue weighted by molar-refractivity contribution is 6.31. The van der Waals surface area contributed by atoms with Gasteiger partial charge < -0.3 is 5.32 Å². The molecular formula is C20H23ClN4. The van der Waals surface area contributed by atoms with Gasteiger partial charge in [0.25, 0.3) is 0 Å². The first-order valence-electron chi connectivity index (χ1n) is 8.75. The quantitative estimate of drug-likeness (QED) is 0.861. The van der Waals surface area contributed by atoms with Gasteiger partial charge in [0.1, 0.15) is 11.9 Å². The number of piperidine rings is 1. The fourth-order valence-electron chi connectivity index (χ4n) is 3.36. The van der Waals surface area contributed by atoms with Gasteiger partial charge in [-0.05, 0) is 48.6 Å². The van der Waals surface area contributed by atoms with Gasteiger partial charge in [-0.3, -0.25) is 4.90 Å². The zero-order valence-electron chi connectivity index (χ0n) is 14.5. The topological polar surface area (TPSA) is 52.0 Å². The van der Waals surface area contributed by atoms with Crippen molar-refractivity contribution >= 4 is 17.4 Å². The van der Waals surface area contributed by atoms with Crippen molar-refractivity contribution in [3.63, 3.8) is 0 Å². The summed E-state index contributed by atoms with van der Waals surface area (Å²) in [7, 11) is 0. The molecule has 1 aromatic heterocycles. The van der Waals surface area contributed by atoms with Gasteiger partial charge in [-0.15, -0.1) is 0 Å². The van der Waals surface area contributed by atoms with Crippen LogP contribution in [0.2, 0.25) is 5.02 Å². The molecule has 4 nitrogen and oxygen atoms in total. The summed E-state index contributed by atoms with van der Waals surface area (Å²) in [6.45, 7) is 6.35. The van der Waals surface area contributed by atoms with Crippen LogP contribution in [0.15, 0.2) is 36.4 Å². The van der Waals surface area contributed by atoms with Gasteiger partial charge in [-0.25, -0.2) is 4.98 Å². The lowest BCUT2D eigenvalue weighted by Gasteiger charge is -2.31. The lowest BCUT2D eigenvalue weighted by atomic mass is 9.99. The lowest BCUT2D eigenvalue weighted by molar-refractivity contribution is 0.176. The summed E-state index contributed by atoms with van der Waals surface area (Å²) in [5, 5.41) is 12.7. The van der Waals surface area contributed by atoms with Crippen LogP contribution >= 0.6 is 11.6 Å². The first-order chi connectivity index (χ1) is 12.2. The summed E-state index contributed by atoms with van der Waals surface area (Å²) < 4.78 is 0. The molecule has 0 bridgehead atoms. The summed E-state index contributed by atoms with van der Waals surface area (Å²) >= 11 is 5.94. The number of nitrogens with one attached hydrogen (secondary N) is 1. The average molecular weight is 355 g/mol. The Hall–Kier alpha value is -2.09. The van der Waals surface area contributed by atoms with E-state index in [1.807, 2.05) is 6.07 Å². The largest absolute Gasteiger partial charge is 0.366 e. The Morgan fingerprint density at radius 3 is 2.84 bits per heavy atom. The van der Waals surface area contributed by atoms with E-state index in [2.05, 4.69) is 46.4 Å². The van der Waals surface area contributed by atoms with Gasteiger partial charge in [0.05, 0.1) is 5.02 Å². The van der Waals surface area contributed by atoms with E-state index in [1.54, 1.807) is 12.1 Å². The van der Waals surface area contributed by atoms with Gasteiger partial charge in [-0.1, -0.05) is 42.8 Å². The number of hydrogen-bond acceptors (Lipinski definition) is 4. The number of hydrogen-bond donors (Lipinski definition) is 1. The monoisotopic (exact) mass is 354 g/mol. The minimum Gasteiger partial charge on any atom is -0.366 e. The third-order valence-corrected chi connectivity index (χ3v) is 4.97. The third-order valence-electron chi connectivity index (χ3n) is 4.67. The maximum atomic E-state index is 9.05. The number of pyridine rings is 1. The van der Waals surface area contributed by atoms with Crippen molar-refractivity contribution in [3.05, 3.63) is 58.2 Å². The summed E-state index contributed by atoms with van der Waals surface area (Å²) in [4.78, 5) is 6.79. The first-order valence-corrected chi connectivity index (χ1v) is 9.13. The van der Waals surface area contributed by atoms with Crippen LogP contribution in [0.3, 0.4) is 0 Å². The van der Waals surface area contributed by atoms with Crippen LogP contribution in [0.4, 0.5) is 5.82 Å². The van der Waals surface area contributed by atoms with Crippen molar-refractivity contribution in [1.82, 2.24) is 9.88 Å².